The van der Waals surface area contributed by atoms with Crippen LogP contribution in [0.2, 0.25) is 0 Å². The van der Waals surface area contributed by atoms with Gasteiger partial charge in [-0.15, -0.1) is 0 Å². The Balaban J connectivity index is 2.09. The van der Waals surface area contributed by atoms with Gasteiger partial charge in [-0.2, -0.15) is 0 Å². The topological polar surface area (TPSA) is 32.3 Å². The second-order valence-corrected chi connectivity index (χ2v) is 5.63. The molecule has 1 aromatic rings. The van der Waals surface area contributed by atoms with E-state index in [2.05, 4.69) is 10.2 Å². The molecule has 1 fully saturated rings. The van der Waals surface area contributed by atoms with Crippen LogP contribution in [0, 0.1) is 11.6 Å². The molecule has 0 aromatic heterocycles. The minimum Gasteiger partial charge on any atom is -0.314 e. The summed E-state index contributed by atoms with van der Waals surface area (Å²) in [5.74, 6) is -1.33. The zero-order valence-electron chi connectivity index (χ0n) is 11.9. The Hall–Kier alpha value is -1.33. The van der Waals surface area contributed by atoms with E-state index in [1.165, 1.54) is 12.1 Å². The van der Waals surface area contributed by atoms with Gasteiger partial charge in [0.1, 0.15) is 11.6 Å². The van der Waals surface area contributed by atoms with Crippen LogP contribution < -0.4 is 5.32 Å². The van der Waals surface area contributed by atoms with Crippen molar-refractivity contribution < 1.29 is 13.6 Å². The van der Waals surface area contributed by atoms with Crippen LogP contribution in [0.25, 0.3) is 0 Å². The Morgan fingerprint density at radius 2 is 1.95 bits per heavy atom. The number of Topliss-reactive ketones (excluding diaryl/α,β-unsaturated/α-hetero) is 1. The lowest BCUT2D eigenvalue weighted by atomic mass is 9.91. The van der Waals surface area contributed by atoms with Gasteiger partial charge in [0.2, 0.25) is 0 Å². The van der Waals surface area contributed by atoms with Crippen molar-refractivity contribution in [2.75, 3.05) is 26.2 Å². The van der Waals surface area contributed by atoms with Crippen LogP contribution in [0.3, 0.4) is 0 Å². The molecule has 1 saturated heterocycles. The molecule has 1 aliphatic rings. The number of piperazine rings is 1. The standard InChI is InChI=1S/C15H20F2N2O/c1-15(2,19-7-5-18-6-8-19)14(20)9-11-3-4-12(16)10-13(11)17/h3-4,10,18H,5-9H2,1-2H3. The Bertz CT molecular complexity index is 497. The van der Waals surface area contributed by atoms with Crippen molar-refractivity contribution in [3.8, 4) is 0 Å². The quantitative estimate of drug-likeness (QED) is 0.913. The molecule has 0 spiro atoms. The van der Waals surface area contributed by atoms with Crippen molar-refractivity contribution in [2.24, 2.45) is 0 Å². The van der Waals surface area contributed by atoms with Crippen molar-refractivity contribution in [3.63, 3.8) is 0 Å². The molecule has 0 amide bonds. The molecule has 0 bridgehead atoms. The third-order valence-corrected chi connectivity index (χ3v) is 3.96. The molecule has 1 aliphatic heterocycles. The predicted molar refractivity (Wildman–Crippen MR) is 73.6 cm³/mol. The summed E-state index contributed by atoms with van der Waals surface area (Å²) in [6.07, 6.45) is -0.0109. The van der Waals surface area contributed by atoms with Crippen molar-refractivity contribution in [3.05, 3.63) is 35.4 Å². The highest BCUT2D eigenvalue weighted by molar-refractivity contribution is 5.89. The average molecular weight is 282 g/mol. The lowest BCUT2D eigenvalue weighted by molar-refractivity contribution is -0.129. The van der Waals surface area contributed by atoms with Crippen molar-refractivity contribution in [1.82, 2.24) is 10.2 Å². The summed E-state index contributed by atoms with van der Waals surface area (Å²) in [7, 11) is 0. The van der Waals surface area contributed by atoms with Crippen LogP contribution in [-0.2, 0) is 11.2 Å². The van der Waals surface area contributed by atoms with Gasteiger partial charge >= 0.3 is 0 Å². The third-order valence-electron chi connectivity index (χ3n) is 3.96. The van der Waals surface area contributed by atoms with Crippen LogP contribution in [0.5, 0.6) is 0 Å². The van der Waals surface area contributed by atoms with Crippen molar-refractivity contribution in [1.29, 1.82) is 0 Å². The Morgan fingerprint density at radius 1 is 1.30 bits per heavy atom. The first-order valence-corrected chi connectivity index (χ1v) is 6.84. The number of carbonyl (C=O) groups excluding carboxylic acids is 1. The summed E-state index contributed by atoms with van der Waals surface area (Å²) >= 11 is 0. The molecule has 1 N–H and O–H groups in total. The number of benzene rings is 1. The second kappa shape index (κ2) is 5.97. The SMILES string of the molecule is CC(C)(C(=O)Cc1ccc(F)cc1F)N1CCNCC1. The maximum absolute atomic E-state index is 13.6. The van der Waals surface area contributed by atoms with E-state index < -0.39 is 17.2 Å². The Labute approximate surface area is 118 Å². The molecule has 20 heavy (non-hydrogen) atoms. The molecule has 0 unspecified atom stereocenters. The monoisotopic (exact) mass is 282 g/mol. The highest BCUT2D eigenvalue weighted by atomic mass is 19.1. The fourth-order valence-electron chi connectivity index (χ4n) is 2.45. The van der Waals surface area contributed by atoms with Gasteiger partial charge in [0.25, 0.3) is 0 Å². The van der Waals surface area contributed by atoms with Gasteiger partial charge < -0.3 is 5.32 Å². The second-order valence-electron chi connectivity index (χ2n) is 5.63. The number of hydrogen-bond acceptors (Lipinski definition) is 3. The lowest BCUT2D eigenvalue weighted by Crippen LogP contribution is -2.57. The molecule has 110 valence electrons. The number of nitrogens with one attached hydrogen (secondary N) is 1. The third kappa shape index (κ3) is 3.22. The Morgan fingerprint density at radius 3 is 2.55 bits per heavy atom. The molecule has 3 nitrogen and oxygen atoms in total. The van der Waals surface area contributed by atoms with E-state index in [0.29, 0.717) is 0 Å². The van der Waals surface area contributed by atoms with Gasteiger partial charge in [0, 0.05) is 38.7 Å². The maximum atomic E-state index is 13.6. The lowest BCUT2D eigenvalue weighted by Gasteiger charge is -2.40. The average Bonchev–Trinajstić information content (AvgIpc) is 2.42. The van der Waals surface area contributed by atoms with Crippen LogP contribution in [0.1, 0.15) is 19.4 Å². The number of ketones is 1. The van der Waals surface area contributed by atoms with Crippen LogP contribution in [-0.4, -0.2) is 42.4 Å². The summed E-state index contributed by atoms with van der Waals surface area (Å²) in [5, 5.41) is 3.24. The number of halogens is 2. The molecule has 0 radical (unpaired) electrons. The van der Waals surface area contributed by atoms with Crippen LogP contribution in [0.4, 0.5) is 8.78 Å². The highest BCUT2D eigenvalue weighted by Gasteiger charge is 2.34. The molecular weight excluding hydrogens is 262 g/mol. The first kappa shape index (κ1) is 15.1. The van der Waals surface area contributed by atoms with E-state index in [0.717, 1.165) is 32.2 Å². The zero-order chi connectivity index (χ0) is 14.8. The summed E-state index contributed by atoms with van der Waals surface area (Å²) in [4.78, 5) is 14.6. The van der Waals surface area contributed by atoms with Gasteiger partial charge in [-0.3, -0.25) is 9.69 Å². The van der Waals surface area contributed by atoms with Gasteiger partial charge in [-0.1, -0.05) is 6.07 Å². The number of nitrogens with zero attached hydrogens (tertiary/aromatic N) is 1. The molecule has 0 aliphatic carbocycles. The van der Waals surface area contributed by atoms with Gasteiger partial charge in [0.15, 0.2) is 5.78 Å². The van der Waals surface area contributed by atoms with Gasteiger partial charge in [0.05, 0.1) is 5.54 Å². The molecule has 2 rings (SSSR count). The van der Waals surface area contributed by atoms with E-state index in [1.807, 2.05) is 13.8 Å². The molecular formula is C15H20F2N2O. The maximum Gasteiger partial charge on any atom is 0.156 e. The Kier molecular flexibility index (Phi) is 4.50. The fraction of sp³-hybridized carbons (Fsp3) is 0.533. The largest absolute Gasteiger partial charge is 0.314 e. The minimum absolute atomic E-state index is 0.0109. The summed E-state index contributed by atoms with van der Waals surface area (Å²) in [6.45, 7) is 7.02. The normalized spacial score (nSPS) is 17.2. The first-order valence-electron chi connectivity index (χ1n) is 6.84. The molecule has 0 atom stereocenters. The van der Waals surface area contributed by atoms with Gasteiger partial charge in [-0.25, -0.2) is 8.78 Å². The first-order chi connectivity index (χ1) is 9.41. The number of rotatable bonds is 4. The molecule has 0 saturated carbocycles. The minimum atomic E-state index is -0.658. The smallest absolute Gasteiger partial charge is 0.156 e. The van der Waals surface area contributed by atoms with Crippen LogP contribution in [0.15, 0.2) is 18.2 Å². The number of hydrogen-bond donors (Lipinski definition) is 1. The summed E-state index contributed by atoms with van der Waals surface area (Å²) in [5.41, 5.74) is -0.386. The van der Waals surface area contributed by atoms with Gasteiger partial charge in [-0.05, 0) is 25.5 Å². The van der Waals surface area contributed by atoms with Crippen LogP contribution >= 0.6 is 0 Å². The predicted octanol–water partition coefficient (Wildman–Crippen LogP) is 1.76. The highest BCUT2D eigenvalue weighted by Crippen LogP contribution is 2.20. The van der Waals surface area contributed by atoms with E-state index >= 15 is 0 Å². The fourth-order valence-corrected chi connectivity index (χ4v) is 2.45. The van der Waals surface area contributed by atoms with E-state index in [1.54, 1.807) is 0 Å². The van der Waals surface area contributed by atoms with E-state index in [4.69, 9.17) is 0 Å². The van der Waals surface area contributed by atoms with Crippen molar-refractivity contribution >= 4 is 5.78 Å². The van der Waals surface area contributed by atoms with E-state index in [-0.39, 0.29) is 17.8 Å². The summed E-state index contributed by atoms with van der Waals surface area (Å²) < 4.78 is 26.5. The van der Waals surface area contributed by atoms with Crippen molar-refractivity contribution in [2.45, 2.75) is 25.8 Å². The number of carbonyl (C=O) groups is 1. The molecule has 1 aromatic carbocycles. The zero-order valence-corrected chi connectivity index (χ0v) is 11.9. The van der Waals surface area contributed by atoms with E-state index in [9.17, 15) is 13.6 Å². The summed E-state index contributed by atoms with van der Waals surface area (Å²) in [6, 6.07) is 3.35. The molecule has 1 heterocycles. The molecule has 5 heteroatoms.